The number of piperidine rings is 1. The third-order valence-electron chi connectivity index (χ3n) is 3.23. The highest BCUT2D eigenvalue weighted by Gasteiger charge is 2.13. The molecule has 0 aliphatic carbocycles. The number of carbonyl (C=O) groups is 1. The molecule has 1 heterocycles. The second-order valence-corrected chi connectivity index (χ2v) is 4.65. The Morgan fingerprint density at radius 3 is 3.06 bits per heavy atom. The van der Waals surface area contributed by atoms with Crippen molar-refractivity contribution in [2.45, 2.75) is 12.8 Å². The molecule has 4 nitrogen and oxygen atoms in total. The molecule has 1 fully saturated rings. The molecule has 1 aromatic carbocycles. The first kappa shape index (κ1) is 12.8. The van der Waals surface area contributed by atoms with Gasteiger partial charge in [-0.1, -0.05) is 0 Å². The summed E-state index contributed by atoms with van der Waals surface area (Å²) < 4.78 is 13.3. The molecular weight excluding hydrogens is 233 g/mol. The van der Waals surface area contributed by atoms with Gasteiger partial charge in [0.15, 0.2) is 0 Å². The lowest BCUT2D eigenvalue weighted by atomic mass is 9.99. The standard InChI is InChI=1S/C13H18FN3O/c14-12-4-3-10(6-11(12)13(15)18)17-8-9-2-1-5-16-7-9/h3-4,6,9,16-17H,1-2,5,7-8H2,(H2,15,18). The monoisotopic (exact) mass is 251 g/mol. The number of hydrogen-bond acceptors (Lipinski definition) is 3. The van der Waals surface area contributed by atoms with Crippen LogP contribution in [0.1, 0.15) is 23.2 Å². The van der Waals surface area contributed by atoms with Gasteiger partial charge in [-0.15, -0.1) is 0 Å². The first-order chi connectivity index (χ1) is 8.66. The van der Waals surface area contributed by atoms with Crippen LogP contribution in [-0.2, 0) is 0 Å². The average Bonchev–Trinajstić information content (AvgIpc) is 2.38. The van der Waals surface area contributed by atoms with Crippen LogP contribution in [0.15, 0.2) is 18.2 Å². The highest BCUT2D eigenvalue weighted by Crippen LogP contribution is 2.16. The van der Waals surface area contributed by atoms with Crippen molar-refractivity contribution in [2.24, 2.45) is 11.7 Å². The lowest BCUT2D eigenvalue weighted by Gasteiger charge is -2.23. The third-order valence-corrected chi connectivity index (χ3v) is 3.23. The summed E-state index contributed by atoms with van der Waals surface area (Å²) in [5.41, 5.74) is 5.77. The number of primary amides is 1. The number of anilines is 1. The zero-order chi connectivity index (χ0) is 13.0. The number of carbonyl (C=O) groups excluding carboxylic acids is 1. The third kappa shape index (κ3) is 3.20. The van der Waals surface area contributed by atoms with Crippen LogP contribution in [0.4, 0.5) is 10.1 Å². The maximum absolute atomic E-state index is 13.3. The average molecular weight is 251 g/mol. The van der Waals surface area contributed by atoms with E-state index in [2.05, 4.69) is 10.6 Å². The Morgan fingerprint density at radius 2 is 2.39 bits per heavy atom. The summed E-state index contributed by atoms with van der Waals surface area (Å²) in [6.45, 7) is 2.90. The van der Waals surface area contributed by atoms with E-state index in [1.807, 2.05) is 0 Å². The van der Waals surface area contributed by atoms with Gasteiger partial charge in [0.2, 0.25) is 0 Å². The molecule has 18 heavy (non-hydrogen) atoms. The Balaban J connectivity index is 1.96. The molecular formula is C13H18FN3O. The number of nitrogens with one attached hydrogen (secondary N) is 2. The fraction of sp³-hybridized carbons (Fsp3) is 0.462. The molecule has 0 bridgehead atoms. The minimum Gasteiger partial charge on any atom is -0.385 e. The van der Waals surface area contributed by atoms with Crippen molar-refractivity contribution in [1.82, 2.24) is 5.32 Å². The molecule has 1 saturated heterocycles. The second kappa shape index (κ2) is 5.82. The number of halogens is 1. The first-order valence-electron chi connectivity index (χ1n) is 6.21. The van der Waals surface area contributed by atoms with Crippen molar-refractivity contribution in [3.63, 3.8) is 0 Å². The Kier molecular flexibility index (Phi) is 4.15. The van der Waals surface area contributed by atoms with Gasteiger partial charge >= 0.3 is 0 Å². The second-order valence-electron chi connectivity index (χ2n) is 4.65. The zero-order valence-corrected chi connectivity index (χ0v) is 10.2. The van der Waals surface area contributed by atoms with Crippen LogP contribution in [-0.4, -0.2) is 25.5 Å². The maximum Gasteiger partial charge on any atom is 0.251 e. The van der Waals surface area contributed by atoms with Crippen LogP contribution >= 0.6 is 0 Å². The van der Waals surface area contributed by atoms with E-state index in [1.165, 1.54) is 25.0 Å². The van der Waals surface area contributed by atoms with E-state index in [0.717, 1.165) is 25.3 Å². The summed E-state index contributed by atoms with van der Waals surface area (Å²) in [6, 6.07) is 4.35. The molecule has 1 unspecified atom stereocenters. The highest BCUT2D eigenvalue weighted by atomic mass is 19.1. The van der Waals surface area contributed by atoms with Crippen molar-refractivity contribution in [1.29, 1.82) is 0 Å². The number of hydrogen-bond donors (Lipinski definition) is 3. The van der Waals surface area contributed by atoms with Crippen molar-refractivity contribution >= 4 is 11.6 Å². The molecule has 5 heteroatoms. The van der Waals surface area contributed by atoms with Crippen LogP contribution in [0, 0.1) is 11.7 Å². The molecule has 1 aliphatic rings. The SMILES string of the molecule is NC(=O)c1cc(NCC2CCCNC2)ccc1F. The molecule has 0 radical (unpaired) electrons. The largest absolute Gasteiger partial charge is 0.385 e. The smallest absolute Gasteiger partial charge is 0.251 e. The van der Waals surface area contributed by atoms with Crippen LogP contribution in [0.2, 0.25) is 0 Å². The first-order valence-corrected chi connectivity index (χ1v) is 6.21. The normalized spacial score (nSPS) is 19.5. The predicted octanol–water partition coefficient (Wildman–Crippen LogP) is 1.34. The van der Waals surface area contributed by atoms with Gasteiger partial charge in [0.25, 0.3) is 5.91 Å². The van der Waals surface area contributed by atoms with Gasteiger partial charge in [-0.05, 0) is 50.0 Å². The summed E-state index contributed by atoms with van der Waals surface area (Å²) in [7, 11) is 0. The van der Waals surface area contributed by atoms with E-state index in [0.29, 0.717) is 5.92 Å². The van der Waals surface area contributed by atoms with Crippen LogP contribution in [0.5, 0.6) is 0 Å². The Morgan fingerprint density at radius 1 is 1.56 bits per heavy atom. The van der Waals surface area contributed by atoms with Gasteiger partial charge in [-0.3, -0.25) is 4.79 Å². The fourth-order valence-corrected chi connectivity index (χ4v) is 2.18. The molecule has 1 amide bonds. The Hall–Kier alpha value is -1.62. The lowest BCUT2D eigenvalue weighted by molar-refractivity contribution is 0.0996. The molecule has 1 aromatic rings. The highest BCUT2D eigenvalue weighted by molar-refractivity contribution is 5.94. The molecule has 1 aliphatic heterocycles. The minimum atomic E-state index is -0.740. The summed E-state index contributed by atoms with van der Waals surface area (Å²) >= 11 is 0. The van der Waals surface area contributed by atoms with Gasteiger partial charge in [-0.2, -0.15) is 0 Å². The number of amides is 1. The Bertz CT molecular complexity index is 430. The van der Waals surface area contributed by atoms with E-state index < -0.39 is 11.7 Å². The van der Waals surface area contributed by atoms with Gasteiger partial charge in [0.1, 0.15) is 5.82 Å². The molecule has 0 aromatic heterocycles. The molecule has 4 N–H and O–H groups in total. The molecule has 0 saturated carbocycles. The van der Waals surface area contributed by atoms with E-state index in [4.69, 9.17) is 5.73 Å². The summed E-state index contributed by atoms with van der Waals surface area (Å²) in [6.07, 6.45) is 2.37. The van der Waals surface area contributed by atoms with E-state index in [1.54, 1.807) is 6.07 Å². The van der Waals surface area contributed by atoms with Crippen molar-refractivity contribution < 1.29 is 9.18 Å². The van der Waals surface area contributed by atoms with Crippen LogP contribution in [0.3, 0.4) is 0 Å². The molecule has 1 atom stereocenters. The van der Waals surface area contributed by atoms with E-state index >= 15 is 0 Å². The van der Waals surface area contributed by atoms with Gasteiger partial charge in [0.05, 0.1) is 5.56 Å². The number of benzene rings is 1. The van der Waals surface area contributed by atoms with Crippen molar-refractivity contribution in [3.05, 3.63) is 29.6 Å². The van der Waals surface area contributed by atoms with Gasteiger partial charge < -0.3 is 16.4 Å². The predicted molar refractivity (Wildman–Crippen MR) is 69.0 cm³/mol. The number of nitrogens with two attached hydrogens (primary N) is 1. The lowest BCUT2D eigenvalue weighted by Crippen LogP contribution is -2.33. The molecule has 0 spiro atoms. The van der Waals surface area contributed by atoms with Gasteiger partial charge in [0, 0.05) is 12.2 Å². The van der Waals surface area contributed by atoms with E-state index in [9.17, 15) is 9.18 Å². The van der Waals surface area contributed by atoms with Gasteiger partial charge in [-0.25, -0.2) is 4.39 Å². The topological polar surface area (TPSA) is 67.2 Å². The summed E-state index contributed by atoms with van der Waals surface area (Å²) in [5.74, 6) is -0.747. The van der Waals surface area contributed by atoms with E-state index in [-0.39, 0.29) is 5.56 Å². The van der Waals surface area contributed by atoms with Crippen LogP contribution in [0.25, 0.3) is 0 Å². The fourth-order valence-electron chi connectivity index (χ4n) is 2.18. The van der Waals surface area contributed by atoms with Crippen LogP contribution < -0.4 is 16.4 Å². The quantitative estimate of drug-likeness (QED) is 0.756. The molecule has 98 valence electrons. The summed E-state index contributed by atoms with van der Waals surface area (Å²) in [5, 5.41) is 6.56. The zero-order valence-electron chi connectivity index (χ0n) is 10.2. The minimum absolute atomic E-state index is 0.0678. The Labute approximate surface area is 106 Å². The van der Waals surface area contributed by atoms with Crippen molar-refractivity contribution in [3.8, 4) is 0 Å². The molecule has 2 rings (SSSR count). The number of rotatable bonds is 4. The maximum atomic E-state index is 13.3. The van der Waals surface area contributed by atoms with Crippen molar-refractivity contribution in [2.75, 3.05) is 25.0 Å². The summed E-state index contributed by atoms with van der Waals surface area (Å²) in [4.78, 5) is 11.0.